The van der Waals surface area contributed by atoms with Gasteiger partial charge in [-0.05, 0) is 23.1 Å². The first kappa shape index (κ1) is 20.6. The average Bonchev–Trinajstić information content (AvgIpc) is 3.00. The van der Waals surface area contributed by atoms with Crippen LogP contribution in [0.1, 0.15) is 43.2 Å². The van der Waals surface area contributed by atoms with Crippen LogP contribution in [-0.4, -0.2) is 24.7 Å². The molecule has 1 atom stereocenters. The number of aromatic nitrogens is 1. The number of rotatable bonds is 8. The molecule has 0 N–H and O–H groups in total. The molecule has 2 aromatic carbocycles. The molecule has 155 valence electrons. The fourth-order valence-corrected chi connectivity index (χ4v) is 4.32. The highest BCUT2D eigenvalue weighted by atomic mass is 16.5. The molecule has 3 aromatic rings. The molecule has 0 spiro atoms. The zero-order valence-electron chi connectivity index (χ0n) is 18.3. The maximum absolute atomic E-state index is 6.18. The minimum atomic E-state index is -0.0577. The van der Waals surface area contributed by atoms with E-state index >= 15 is 0 Å². The van der Waals surface area contributed by atoms with Gasteiger partial charge in [0.1, 0.15) is 0 Å². The lowest BCUT2D eigenvalue weighted by Crippen LogP contribution is -2.36. The van der Waals surface area contributed by atoms with Crippen LogP contribution in [0.2, 0.25) is 0 Å². The molecular weight excluding hydrogens is 368 g/mol. The molecule has 2 heterocycles. The Morgan fingerprint density at radius 2 is 1.67 bits per heavy atom. The molecule has 0 amide bonds. The number of pyridine rings is 1. The Morgan fingerprint density at radius 1 is 1.00 bits per heavy atom. The summed E-state index contributed by atoms with van der Waals surface area (Å²) in [6.07, 6.45) is 2.95. The standard InChI is InChI=1S/C27H31N2O/c1-21(2)17-29-19-27(3,20-30-18-23-12-8-5-9-13-23)25-16-28-24(15-26(25)29)14-22-10-6-4-7-11-22/h4-13,15-16H,14,17-20H2,1-3H3. The van der Waals surface area contributed by atoms with Crippen molar-refractivity contribution >= 4 is 5.69 Å². The normalized spacial score (nSPS) is 18.1. The molecule has 1 aliphatic rings. The van der Waals surface area contributed by atoms with Gasteiger partial charge in [-0.2, -0.15) is 0 Å². The fraction of sp³-hybridized carbons (Fsp3) is 0.333. The quantitative estimate of drug-likeness (QED) is 0.494. The zero-order chi connectivity index (χ0) is 21.0. The van der Waals surface area contributed by atoms with E-state index in [1.54, 1.807) is 0 Å². The van der Waals surface area contributed by atoms with Crippen molar-refractivity contribution in [3.63, 3.8) is 0 Å². The largest absolute Gasteiger partial charge is 0.376 e. The van der Waals surface area contributed by atoms with Gasteiger partial charge in [0.05, 0.1) is 13.2 Å². The van der Waals surface area contributed by atoms with Crippen molar-refractivity contribution in [3.8, 4) is 0 Å². The van der Waals surface area contributed by atoms with Gasteiger partial charge in [0, 0.05) is 48.1 Å². The van der Waals surface area contributed by atoms with Gasteiger partial charge in [-0.25, -0.2) is 0 Å². The summed E-state index contributed by atoms with van der Waals surface area (Å²) in [5.41, 5.74) is 6.18. The Balaban J connectivity index is 1.54. The second-order valence-electron chi connectivity index (χ2n) is 8.96. The van der Waals surface area contributed by atoms with E-state index in [1.165, 1.54) is 28.3 Å². The van der Waals surface area contributed by atoms with Crippen LogP contribution < -0.4 is 4.90 Å². The monoisotopic (exact) mass is 399 g/mol. The number of hydrogen-bond acceptors (Lipinski definition) is 3. The molecule has 0 bridgehead atoms. The number of fused-ring (bicyclic) bond motifs is 1. The lowest BCUT2D eigenvalue weighted by molar-refractivity contribution is 0.0813. The molecule has 3 heteroatoms. The van der Waals surface area contributed by atoms with Gasteiger partial charge in [0.2, 0.25) is 0 Å². The number of nitrogens with zero attached hydrogens (tertiary/aromatic N) is 2. The van der Waals surface area contributed by atoms with E-state index in [0.717, 1.165) is 25.2 Å². The molecule has 1 aliphatic heterocycles. The number of ether oxygens (including phenoxy) is 1. The van der Waals surface area contributed by atoms with Crippen LogP contribution in [0.5, 0.6) is 0 Å². The van der Waals surface area contributed by atoms with Crippen molar-refractivity contribution in [1.82, 2.24) is 4.98 Å². The van der Waals surface area contributed by atoms with Gasteiger partial charge < -0.3 is 9.64 Å². The Bertz CT molecular complexity index is 955. The van der Waals surface area contributed by atoms with Crippen molar-refractivity contribution in [3.05, 3.63) is 101 Å². The van der Waals surface area contributed by atoms with Crippen molar-refractivity contribution in [2.24, 2.45) is 0 Å². The summed E-state index contributed by atoms with van der Waals surface area (Å²) >= 11 is 0. The van der Waals surface area contributed by atoms with Crippen LogP contribution in [0.4, 0.5) is 5.69 Å². The first-order chi connectivity index (χ1) is 14.5. The molecule has 30 heavy (non-hydrogen) atoms. The second-order valence-corrected chi connectivity index (χ2v) is 8.96. The highest BCUT2D eigenvalue weighted by molar-refractivity contribution is 5.63. The average molecular weight is 400 g/mol. The summed E-state index contributed by atoms with van der Waals surface area (Å²) in [7, 11) is 0. The summed E-state index contributed by atoms with van der Waals surface area (Å²) in [6.45, 7) is 9.97. The topological polar surface area (TPSA) is 25.4 Å². The van der Waals surface area contributed by atoms with Crippen LogP contribution in [0.3, 0.4) is 0 Å². The van der Waals surface area contributed by atoms with Crippen molar-refractivity contribution in [2.45, 2.75) is 39.2 Å². The highest BCUT2D eigenvalue weighted by Crippen LogP contribution is 2.41. The van der Waals surface area contributed by atoms with Crippen LogP contribution >= 0.6 is 0 Å². The van der Waals surface area contributed by atoms with E-state index in [0.29, 0.717) is 13.2 Å². The number of anilines is 1. The van der Waals surface area contributed by atoms with E-state index < -0.39 is 0 Å². The highest BCUT2D eigenvalue weighted by Gasteiger charge is 2.40. The maximum Gasteiger partial charge on any atom is 0.0717 e. The third-order valence-electron chi connectivity index (χ3n) is 5.74. The molecule has 3 nitrogen and oxygen atoms in total. The molecule has 1 aromatic heterocycles. The molecule has 0 saturated carbocycles. The third kappa shape index (κ3) is 4.73. The SMILES string of the molecule is C[C](C)CN1CC(C)(COCc2ccccc2)c2cnc(Cc3ccccc3)cc21. The fourth-order valence-electron chi connectivity index (χ4n) is 4.32. The smallest absolute Gasteiger partial charge is 0.0717 e. The lowest BCUT2D eigenvalue weighted by Gasteiger charge is -2.27. The van der Waals surface area contributed by atoms with E-state index in [4.69, 9.17) is 9.72 Å². The maximum atomic E-state index is 6.18. The van der Waals surface area contributed by atoms with E-state index in [1.807, 2.05) is 6.07 Å². The number of benzene rings is 2. The summed E-state index contributed by atoms with van der Waals surface area (Å²) in [5, 5.41) is 0. The Kier molecular flexibility index (Phi) is 6.19. The van der Waals surface area contributed by atoms with Crippen LogP contribution in [-0.2, 0) is 23.2 Å². The lowest BCUT2D eigenvalue weighted by atomic mass is 9.86. The minimum Gasteiger partial charge on any atom is -0.376 e. The van der Waals surface area contributed by atoms with Crippen molar-refractivity contribution < 1.29 is 4.74 Å². The predicted molar refractivity (Wildman–Crippen MR) is 124 cm³/mol. The van der Waals surface area contributed by atoms with Gasteiger partial charge in [-0.15, -0.1) is 0 Å². The Morgan fingerprint density at radius 3 is 2.33 bits per heavy atom. The molecule has 0 saturated heterocycles. The molecule has 0 aliphatic carbocycles. The van der Waals surface area contributed by atoms with Crippen molar-refractivity contribution in [2.75, 3.05) is 24.6 Å². The molecule has 0 fully saturated rings. The first-order valence-electron chi connectivity index (χ1n) is 10.7. The first-order valence-corrected chi connectivity index (χ1v) is 10.7. The molecule has 1 unspecified atom stereocenters. The Labute approximate surface area is 180 Å². The summed E-state index contributed by atoms with van der Waals surface area (Å²) in [6, 6.07) is 23.2. The van der Waals surface area contributed by atoms with Gasteiger partial charge in [0.15, 0.2) is 0 Å². The Hall–Kier alpha value is -2.65. The summed E-state index contributed by atoms with van der Waals surface area (Å²) in [4.78, 5) is 7.32. The zero-order valence-corrected chi connectivity index (χ0v) is 18.3. The summed E-state index contributed by atoms with van der Waals surface area (Å²) in [5.74, 6) is 1.41. The second kappa shape index (κ2) is 9.01. The van der Waals surface area contributed by atoms with E-state index in [-0.39, 0.29) is 5.41 Å². The third-order valence-corrected chi connectivity index (χ3v) is 5.74. The van der Waals surface area contributed by atoms with Gasteiger partial charge in [-0.3, -0.25) is 4.98 Å². The summed E-state index contributed by atoms with van der Waals surface area (Å²) < 4.78 is 6.18. The van der Waals surface area contributed by atoms with Crippen LogP contribution in [0, 0.1) is 5.92 Å². The van der Waals surface area contributed by atoms with Crippen molar-refractivity contribution in [1.29, 1.82) is 0 Å². The predicted octanol–water partition coefficient (Wildman–Crippen LogP) is 5.58. The van der Waals surface area contributed by atoms with Gasteiger partial charge in [-0.1, -0.05) is 81.4 Å². The van der Waals surface area contributed by atoms with Crippen LogP contribution in [0.25, 0.3) is 0 Å². The van der Waals surface area contributed by atoms with Gasteiger partial charge in [0.25, 0.3) is 0 Å². The molecule has 1 radical (unpaired) electrons. The molecular formula is C27H31N2O. The van der Waals surface area contributed by atoms with Crippen LogP contribution in [0.15, 0.2) is 72.9 Å². The van der Waals surface area contributed by atoms with E-state index in [2.05, 4.69) is 92.5 Å². The van der Waals surface area contributed by atoms with E-state index in [9.17, 15) is 0 Å². The van der Waals surface area contributed by atoms with Gasteiger partial charge >= 0.3 is 0 Å². The minimum absolute atomic E-state index is 0.0577. The molecule has 4 rings (SSSR count). The number of hydrogen-bond donors (Lipinski definition) is 0.